The summed E-state index contributed by atoms with van der Waals surface area (Å²) >= 11 is 0. The standard InChI is InChI=1S/C20H29N3O3/c1-13(2)26-20(25)18-9-17-16(6-7-21(17)5)23(18)12-19(24)22-10-14(3)8-15(4)11-22/h6-7,9,13-15H,8,10-12H2,1-5H3/t14-,15-/m0/s1. The van der Waals surface area contributed by atoms with Gasteiger partial charge in [-0.25, -0.2) is 4.79 Å². The third kappa shape index (κ3) is 3.64. The zero-order valence-electron chi connectivity index (χ0n) is 16.4. The van der Waals surface area contributed by atoms with Crippen LogP contribution in [0.15, 0.2) is 18.3 Å². The minimum atomic E-state index is -0.385. The van der Waals surface area contributed by atoms with Crippen LogP contribution in [0.25, 0.3) is 11.0 Å². The Bertz CT molecular complexity index is 808. The van der Waals surface area contributed by atoms with E-state index in [1.165, 1.54) is 0 Å². The van der Waals surface area contributed by atoms with Crippen LogP contribution in [0.1, 0.15) is 44.6 Å². The third-order valence-electron chi connectivity index (χ3n) is 5.02. The minimum Gasteiger partial charge on any atom is -0.458 e. The molecule has 0 aliphatic carbocycles. The smallest absolute Gasteiger partial charge is 0.355 e. The van der Waals surface area contributed by atoms with E-state index in [4.69, 9.17) is 4.74 Å². The maximum absolute atomic E-state index is 13.0. The summed E-state index contributed by atoms with van der Waals surface area (Å²) in [7, 11) is 1.93. The van der Waals surface area contributed by atoms with Crippen LogP contribution in [-0.2, 0) is 23.1 Å². The van der Waals surface area contributed by atoms with E-state index in [1.807, 2.05) is 48.7 Å². The molecule has 1 aliphatic rings. The topological polar surface area (TPSA) is 56.5 Å². The normalized spacial score (nSPS) is 20.8. The highest BCUT2D eigenvalue weighted by Gasteiger charge is 2.27. The molecule has 0 aromatic carbocycles. The van der Waals surface area contributed by atoms with Crippen LogP contribution in [0.5, 0.6) is 0 Å². The summed E-state index contributed by atoms with van der Waals surface area (Å²) in [6, 6.07) is 3.75. The van der Waals surface area contributed by atoms with E-state index in [0.29, 0.717) is 17.5 Å². The number of aromatic nitrogens is 2. The molecule has 2 aromatic heterocycles. The Kier molecular flexibility index (Phi) is 5.12. The molecule has 0 radical (unpaired) electrons. The summed E-state index contributed by atoms with van der Waals surface area (Å²) < 4.78 is 9.13. The van der Waals surface area contributed by atoms with Gasteiger partial charge in [-0.1, -0.05) is 13.8 Å². The summed E-state index contributed by atoms with van der Waals surface area (Å²) in [5.74, 6) is 0.691. The van der Waals surface area contributed by atoms with Gasteiger partial charge in [0, 0.05) is 26.3 Å². The van der Waals surface area contributed by atoms with Crippen molar-refractivity contribution in [3.8, 4) is 0 Å². The molecule has 0 bridgehead atoms. The van der Waals surface area contributed by atoms with Crippen molar-refractivity contribution in [3.05, 3.63) is 24.0 Å². The van der Waals surface area contributed by atoms with Crippen LogP contribution in [0.4, 0.5) is 0 Å². The van der Waals surface area contributed by atoms with Crippen LogP contribution < -0.4 is 0 Å². The molecular weight excluding hydrogens is 330 g/mol. The lowest BCUT2D eigenvalue weighted by atomic mass is 9.92. The van der Waals surface area contributed by atoms with E-state index in [0.717, 1.165) is 30.5 Å². The van der Waals surface area contributed by atoms with Crippen molar-refractivity contribution in [3.63, 3.8) is 0 Å². The fourth-order valence-corrected chi connectivity index (χ4v) is 3.99. The first kappa shape index (κ1) is 18.5. The molecule has 0 saturated carbocycles. The lowest BCUT2D eigenvalue weighted by Gasteiger charge is -2.35. The van der Waals surface area contributed by atoms with Gasteiger partial charge in [0.25, 0.3) is 0 Å². The lowest BCUT2D eigenvalue weighted by molar-refractivity contribution is -0.134. The predicted molar refractivity (Wildman–Crippen MR) is 101 cm³/mol. The van der Waals surface area contributed by atoms with E-state index in [-0.39, 0.29) is 24.5 Å². The highest BCUT2D eigenvalue weighted by atomic mass is 16.5. The zero-order valence-corrected chi connectivity index (χ0v) is 16.4. The highest BCUT2D eigenvalue weighted by molar-refractivity contribution is 5.96. The molecule has 1 amide bonds. The average Bonchev–Trinajstić information content (AvgIpc) is 3.07. The van der Waals surface area contributed by atoms with Crippen LogP contribution in [-0.4, -0.2) is 45.1 Å². The number of aryl methyl sites for hydroxylation is 1. The molecule has 3 heterocycles. The molecule has 1 saturated heterocycles. The van der Waals surface area contributed by atoms with Gasteiger partial charge in [0.05, 0.1) is 17.1 Å². The van der Waals surface area contributed by atoms with Crippen LogP contribution in [0, 0.1) is 11.8 Å². The van der Waals surface area contributed by atoms with E-state index < -0.39 is 0 Å². The summed E-state index contributed by atoms with van der Waals surface area (Å²) in [5, 5.41) is 0. The van der Waals surface area contributed by atoms with Gasteiger partial charge < -0.3 is 18.8 Å². The molecule has 2 atom stereocenters. The van der Waals surface area contributed by atoms with Crippen molar-refractivity contribution < 1.29 is 14.3 Å². The van der Waals surface area contributed by atoms with Gasteiger partial charge in [-0.2, -0.15) is 0 Å². The fraction of sp³-hybridized carbons (Fsp3) is 0.600. The zero-order chi connectivity index (χ0) is 19.0. The summed E-state index contributed by atoms with van der Waals surface area (Å²) in [4.78, 5) is 27.4. The number of hydrogen-bond donors (Lipinski definition) is 0. The van der Waals surface area contributed by atoms with Crippen molar-refractivity contribution in [1.29, 1.82) is 0 Å². The van der Waals surface area contributed by atoms with Gasteiger partial charge in [0.2, 0.25) is 5.91 Å². The van der Waals surface area contributed by atoms with Gasteiger partial charge >= 0.3 is 5.97 Å². The molecule has 0 N–H and O–H groups in total. The van der Waals surface area contributed by atoms with Crippen molar-refractivity contribution in [2.75, 3.05) is 13.1 Å². The predicted octanol–water partition coefficient (Wildman–Crippen LogP) is 3.05. The second-order valence-electron chi connectivity index (χ2n) is 8.01. The first-order valence-electron chi connectivity index (χ1n) is 9.39. The number of esters is 1. The van der Waals surface area contributed by atoms with E-state index >= 15 is 0 Å². The fourth-order valence-electron chi connectivity index (χ4n) is 3.99. The Morgan fingerprint density at radius 2 is 1.85 bits per heavy atom. The number of ether oxygens (including phenoxy) is 1. The maximum Gasteiger partial charge on any atom is 0.355 e. The number of piperidine rings is 1. The Balaban J connectivity index is 1.90. The largest absolute Gasteiger partial charge is 0.458 e. The summed E-state index contributed by atoms with van der Waals surface area (Å²) in [6.07, 6.45) is 2.89. The third-order valence-corrected chi connectivity index (χ3v) is 5.02. The average molecular weight is 359 g/mol. The van der Waals surface area contributed by atoms with Crippen molar-refractivity contribution in [2.45, 2.75) is 46.8 Å². The molecule has 6 heteroatoms. The van der Waals surface area contributed by atoms with E-state index in [9.17, 15) is 9.59 Å². The van der Waals surface area contributed by atoms with E-state index in [1.54, 1.807) is 4.57 Å². The highest BCUT2D eigenvalue weighted by Crippen LogP contribution is 2.24. The Morgan fingerprint density at radius 1 is 1.19 bits per heavy atom. The number of nitrogens with zero attached hydrogens (tertiary/aromatic N) is 3. The second-order valence-corrected chi connectivity index (χ2v) is 8.01. The number of carbonyl (C=O) groups excluding carboxylic acids is 2. The van der Waals surface area contributed by atoms with Crippen molar-refractivity contribution in [2.24, 2.45) is 18.9 Å². The number of rotatable bonds is 4. The summed E-state index contributed by atoms with van der Waals surface area (Å²) in [5.41, 5.74) is 2.25. The van der Waals surface area contributed by atoms with E-state index in [2.05, 4.69) is 13.8 Å². The number of carbonyl (C=O) groups is 2. The van der Waals surface area contributed by atoms with Crippen LogP contribution >= 0.6 is 0 Å². The number of hydrogen-bond acceptors (Lipinski definition) is 3. The second kappa shape index (κ2) is 7.17. The molecule has 142 valence electrons. The first-order chi connectivity index (χ1) is 12.3. The van der Waals surface area contributed by atoms with Gasteiger partial charge in [-0.3, -0.25) is 4.79 Å². The molecule has 0 spiro atoms. The van der Waals surface area contributed by atoms with Gasteiger partial charge in [-0.05, 0) is 44.2 Å². The molecule has 1 fully saturated rings. The quantitative estimate of drug-likeness (QED) is 0.789. The maximum atomic E-state index is 13.0. The van der Waals surface area contributed by atoms with Crippen LogP contribution in [0.3, 0.4) is 0 Å². The van der Waals surface area contributed by atoms with Gasteiger partial charge in [0.15, 0.2) is 0 Å². The number of fused-ring (bicyclic) bond motifs is 1. The molecule has 6 nitrogen and oxygen atoms in total. The number of likely N-dealkylation sites (tertiary alicyclic amines) is 1. The Morgan fingerprint density at radius 3 is 2.46 bits per heavy atom. The minimum absolute atomic E-state index is 0.0587. The molecule has 3 rings (SSSR count). The number of amides is 1. The van der Waals surface area contributed by atoms with Crippen molar-refractivity contribution >= 4 is 22.9 Å². The van der Waals surface area contributed by atoms with Gasteiger partial charge in [0.1, 0.15) is 12.2 Å². The van der Waals surface area contributed by atoms with Gasteiger partial charge in [-0.15, -0.1) is 0 Å². The Labute approximate surface area is 154 Å². The first-order valence-corrected chi connectivity index (χ1v) is 9.39. The molecule has 2 aromatic rings. The molecule has 0 unspecified atom stereocenters. The summed E-state index contributed by atoms with van der Waals surface area (Å²) in [6.45, 7) is 9.76. The monoisotopic (exact) mass is 359 g/mol. The van der Waals surface area contributed by atoms with Crippen molar-refractivity contribution in [1.82, 2.24) is 14.0 Å². The molecular formula is C20H29N3O3. The molecule has 26 heavy (non-hydrogen) atoms. The Hall–Kier alpha value is -2.24. The molecule has 1 aliphatic heterocycles. The lowest BCUT2D eigenvalue weighted by Crippen LogP contribution is -2.44. The SMILES string of the molecule is CC(C)OC(=O)c1cc2c(ccn2C)n1CC(=O)N1C[C@@H](C)C[C@H](C)C1. The van der Waals surface area contributed by atoms with Crippen LogP contribution in [0.2, 0.25) is 0 Å².